The van der Waals surface area contributed by atoms with Crippen molar-refractivity contribution in [1.29, 1.82) is 0 Å². The number of thiazole rings is 1. The normalized spacial score (nSPS) is 21.3. The second-order valence-corrected chi connectivity index (χ2v) is 9.45. The average Bonchev–Trinajstić information content (AvgIpc) is 3.31. The number of hydrogen-bond donors (Lipinski definition) is 0. The van der Waals surface area contributed by atoms with Gasteiger partial charge in [-0.05, 0) is 44.1 Å². The molecular weight excluding hydrogens is 356 g/mol. The number of fused-ring (bicyclic) bond motifs is 1. The van der Waals surface area contributed by atoms with Gasteiger partial charge in [-0.1, -0.05) is 12.8 Å². The minimum Gasteiger partial charge on any atom is -0.297 e. The van der Waals surface area contributed by atoms with Gasteiger partial charge in [0.2, 0.25) is 0 Å². The van der Waals surface area contributed by atoms with Crippen molar-refractivity contribution in [3.63, 3.8) is 0 Å². The molecule has 0 radical (unpaired) electrons. The number of likely N-dealkylation sites (tertiary alicyclic amines) is 1. The molecule has 0 N–H and O–H groups in total. The molecule has 1 saturated carbocycles. The van der Waals surface area contributed by atoms with E-state index in [1.54, 1.807) is 4.68 Å². The van der Waals surface area contributed by atoms with Crippen LogP contribution >= 0.6 is 11.3 Å². The van der Waals surface area contributed by atoms with Crippen LogP contribution in [0.2, 0.25) is 0 Å². The van der Waals surface area contributed by atoms with Crippen molar-refractivity contribution < 1.29 is 0 Å². The lowest BCUT2D eigenvalue weighted by Crippen LogP contribution is -2.49. The summed E-state index contributed by atoms with van der Waals surface area (Å²) < 4.78 is 1.72. The van der Waals surface area contributed by atoms with E-state index in [0.717, 1.165) is 50.6 Å². The highest BCUT2D eigenvalue weighted by Gasteiger charge is 2.29. The predicted molar refractivity (Wildman–Crippen MR) is 107 cm³/mol. The maximum atomic E-state index is 12.3. The molecule has 2 aliphatic carbocycles. The molecule has 0 unspecified atom stereocenters. The van der Waals surface area contributed by atoms with E-state index in [1.807, 2.05) is 17.4 Å². The van der Waals surface area contributed by atoms with Crippen molar-refractivity contribution in [2.24, 2.45) is 5.92 Å². The highest BCUT2D eigenvalue weighted by Crippen LogP contribution is 2.36. The second kappa shape index (κ2) is 7.47. The van der Waals surface area contributed by atoms with Crippen LogP contribution < -0.4 is 5.56 Å². The summed E-state index contributed by atoms with van der Waals surface area (Å²) in [6, 6.07) is 1.83. The SMILES string of the molecule is O=c1cc2c(nn1CC1CN(Cc3csc(C4CCCC4)n3)C1)CCCC2. The third kappa shape index (κ3) is 3.74. The second-order valence-electron chi connectivity index (χ2n) is 8.56. The van der Waals surface area contributed by atoms with E-state index in [4.69, 9.17) is 4.98 Å². The summed E-state index contributed by atoms with van der Waals surface area (Å²) >= 11 is 1.85. The van der Waals surface area contributed by atoms with E-state index in [0.29, 0.717) is 5.92 Å². The zero-order chi connectivity index (χ0) is 18.2. The summed E-state index contributed by atoms with van der Waals surface area (Å²) in [6.45, 7) is 3.79. The molecule has 1 aliphatic heterocycles. The summed E-state index contributed by atoms with van der Waals surface area (Å²) in [5.41, 5.74) is 3.64. The van der Waals surface area contributed by atoms with Crippen LogP contribution in [0.15, 0.2) is 16.2 Å². The summed E-state index contributed by atoms with van der Waals surface area (Å²) in [6.07, 6.45) is 9.81. The lowest BCUT2D eigenvalue weighted by molar-refractivity contribution is 0.0753. The Labute approximate surface area is 164 Å². The van der Waals surface area contributed by atoms with Crippen molar-refractivity contribution in [1.82, 2.24) is 19.7 Å². The summed E-state index contributed by atoms with van der Waals surface area (Å²) in [5, 5.41) is 8.26. The van der Waals surface area contributed by atoms with Gasteiger partial charge in [-0.15, -0.1) is 11.3 Å². The van der Waals surface area contributed by atoms with Gasteiger partial charge >= 0.3 is 0 Å². The smallest absolute Gasteiger partial charge is 0.267 e. The number of aryl methyl sites for hydroxylation is 2. The Hall–Kier alpha value is -1.53. The van der Waals surface area contributed by atoms with Gasteiger partial charge in [-0.3, -0.25) is 9.69 Å². The van der Waals surface area contributed by atoms with E-state index in [2.05, 4.69) is 15.4 Å². The summed E-state index contributed by atoms with van der Waals surface area (Å²) in [7, 11) is 0. The molecule has 144 valence electrons. The van der Waals surface area contributed by atoms with Crippen LogP contribution in [0, 0.1) is 5.92 Å². The first-order valence-electron chi connectivity index (χ1n) is 10.5. The molecule has 2 aromatic heterocycles. The Morgan fingerprint density at radius 2 is 1.93 bits per heavy atom. The zero-order valence-electron chi connectivity index (χ0n) is 15.9. The summed E-state index contributed by atoms with van der Waals surface area (Å²) in [4.78, 5) is 19.7. The molecule has 1 saturated heterocycles. The Kier molecular flexibility index (Phi) is 4.86. The Morgan fingerprint density at radius 3 is 2.78 bits per heavy atom. The highest BCUT2D eigenvalue weighted by atomic mass is 32.1. The Balaban J connectivity index is 1.15. The monoisotopic (exact) mass is 384 g/mol. The highest BCUT2D eigenvalue weighted by molar-refractivity contribution is 7.09. The number of hydrogen-bond acceptors (Lipinski definition) is 5. The molecule has 0 atom stereocenters. The quantitative estimate of drug-likeness (QED) is 0.793. The van der Waals surface area contributed by atoms with E-state index in [1.165, 1.54) is 54.8 Å². The fraction of sp³-hybridized carbons (Fsp3) is 0.667. The third-order valence-corrected chi connectivity index (χ3v) is 7.45. The zero-order valence-corrected chi connectivity index (χ0v) is 16.7. The number of nitrogens with zero attached hydrogens (tertiary/aromatic N) is 4. The molecule has 3 aliphatic rings. The van der Waals surface area contributed by atoms with Crippen molar-refractivity contribution >= 4 is 11.3 Å². The maximum Gasteiger partial charge on any atom is 0.267 e. The molecular formula is C21H28N4OS. The number of rotatable bonds is 5. The van der Waals surface area contributed by atoms with Crippen LogP contribution in [0.5, 0.6) is 0 Å². The summed E-state index contributed by atoms with van der Waals surface area (Å²) in [5.74, 6) is 1.25. The maximum absolute atomic E-state index is 12.3. The molecule has 27 heavy (non-hydrogen) atoms. The Morgan fingerprint density at radius 1 is 1.11 bits per heavy atom. The van der Waals surface area contributed by atoms with Crippen molar-refractivity contribution in [2.45, 2.75) is 70.4 Å². The van der Waals surface area contributed by atoms with Crippen LogP contribution in [0.25, 0.3) is 0 Å². The molecule has 5 rings (SSSR count). The largest absolute Gasteiger partial charge is 0.297 e. The average molecular weight is 385 g/mol. The molecule has 0 amide bonds. The first kappa shape index (κ1) is 17.6. The van der Waals surface area contributed by atoms with Crippen LogP contribution in [0.3, 0.4) is 0 Å². The van der Waals surface area contributed by atoms with Crippen LogP contribution in [0.1, 0.15) is 66.4 Å². The molecule has 2 fully saturated rings. The molecule has 0 bridgehead atoms. The van der Waals surface area contributed by atoms with E-state index in [-0.39, 0.29) is 5.56 Å². The minimum atomic E-state index is 0.0785. The van der Waals surface area contributed by atoms with Gasteiger partial charge in [0.1, 0.15) is 0 Å². The lowest BCUT2D eigenvalue weighted by Gasteiger charge is -2.38. The molecule has 0 spiro atoms. The third-order valence-electron chi connectivity index (χ3n) is 6.40. The van der Waals surface area contributed by atoms with Crippen molar-refractivity contribution in [2.75, 3.05) is 13.1 Å². The lowest BCUT2D eigenvalue weighted by atomic mass is 9.96. The van der Waals surface area contributed by atoms with Crippen LogP contribution in [-0.2, 0) is 25.9 Å². The van der Waals surface area contributed by atoms with Crippen molar-refractivity contribution in [3.05, 3.63) is 43.8 Å². The molecule has 5 nitrogen and oxygen atoms in total. The van der Waals surface area contributed by atoms with Gasteiger partial charge in [0.15, 0.2) is 0 Å². The van der Waals surface area contributed by atoms with E-state index >= 15 is 0 Å². The first-order chi connectivity index (χ1) is 13.2. The number of aromatic nitrogens is 3. The van der Waals surface area contributed by atoms with Crippen LogP contribution in [0.4, 0.5) is 0 Å². The fourth-order valence-corrected chi connectivity index (χ4v) is 5.86. The van der Waals surface area contributed by atoms with E-state index in [9.17, 15) is 4.79 Å². The van der Waals surface area contributed by atoms with Gasteiger partial charge in [0.05, 0.1) is 22.9 Å². The Bertz CT molecular complexity index is 861. The van der Waals surface area contributed by atoms with E-state index < -0.39 is 0 Å². The van der Waals surface area contributed by atoms with Gasteiger partial charge < -0.3 is 0 Å². The van der Waals surface area contributed by atoms with Gasteiger partial charge in [0, 0.05) is 42.9 Å². The van der Waals surface area contributed by atoms with Gasteiger partial charge in [-0.2, -0.15) is 5.10 Å². The first-order valence-corrected chi connectivity index (χ1v) is 11.4. The standard InChI is InChI=1S/C21H28N4OS/c26-20-9-17-7-3-4-8-19(17)23-25(20)12-15-10-24(11-15)13-18-14-27-21(22-18)16-5-1-2-6-16/h9,14-16H,1-8,10-13H2. The molecule has 3 heterocycles. The molecule has 6 heteroatoms. The molecule has 0 aromatic carbocycles. The fourth-order valence-electron chi connectivity index (χ4n) is 4.88. The van der Waals surface area contributed by atoms with Crippen molar-refractivity contribution in [3.8, 4) is 0 Å². The van der Waals surface area contributed by atoms with Gasteiger partial charge in [-0.25, -0.2) is 9.67 Å². The predicted octanol–water partition coefficient (Wildman–Crippen LogP) is 3.37. The van der Waals surface area contributed by atoms with Gasteiger partial charge in [0.25, 0.3) is 5.56 Å². The topological polar surface area (TPSA) is 51.0 Å². The van der Waals surface area contributed by atoms with Crippen LogP contribution in [-0.4, -0.2) is 32.8 Å². The minimum absolute atomic E-state index is 0.0785. The molecule has 2 aromatic rings.